The van der Waals surface area contributed by atoms with Gasteiger partial charge in [0.05, 0.1) is 23.3 Å². The Morgan fingerprint density at radius 1 is 0.306 bits per heavy atom. The van der Waals surface area contributed by atoms with Gasteiger partial charge < -0.3 is 4.74 Å². The number of nitriles is 2. The molecule has 3 heterocycles. The van der Waals surface area contributed by atoms with Crippen LogP contribution in [0.3, 0.4) is 0 Å². The van der Waals surface area contributed by atoms with E-state index in [-0.39, 0.29) is 0 Å². The molecule has 9 nitrogen and oxygen atoms in total. The van der Waals surface area contributed by atoms with Gasteiger partial charge in [-0.15, -0.1) is 0 Å². The number of fused-ring (bicyclic) bond motifs is 3. The molecule has 0 bridgehead atoms. The zero-order valence-electron chi connectivity index (χ0n) is 38.4. The zero-order valence-corrected chi connectivity index (χ0v) is 38.4. The third kappa shape index (κ3) is 7.99. The molecule has 11 aromatic rings. The lowest BCUT2D eigenvalue weighted by Gasteiger charge is -2.41. The fraction of sp³-hybridized carbons (Fsp3) is 0.0159. The van der Waals surface area contributed by atoms with Crippen LogP contribution in [-0.2, 0) is 5.60 Å². The molecule has 0 aliphatic carbocycles. The van der Waals surface area contributed by atoms with Gasteiger partial charge >= 0.3 is 0 Å². The smallest absolute Gasteiger partial charge is 0.185 e. The second-order valence-corrected chi connectivity index (χ2v) is 17.3. The topological polar surface area (TPSA) is 134 Å². The van der Waals surface area contributed by atoms with Crippen molar-refractivity contribution < 1.29 is 4.74 Å². The van der Waals surface area contributed by atoms with Crippen molar-refractivity contribution in [1.82, 2.24) is 29.9 Å². The van der Waals surface area contributed by atoms with E-state index in [0.29, 0.717) is 62.9 Å². The molecule has 0 unspecified atom stereocenters. The van der Waals surface area contributed by atoms with Crippen LogP contribution in [0.4, 0.5) is 0 Å². The van der Waals surface area contributed by atoms with Gasteiger partial charge in [0.15, 0.2) is 40.5 Å². The molecule has 0 saturated heterocycles. The molecular weight excluding hydrogens is 885 g/mol. The van der Waals surface area contributed by atoms with Crippen molar-refractivity contribution in [2.45, 2.75) is 5.60 Å². The molecule has 12 rings (SSSR count). The lowest BCUT2D eigenvalue weighted by atomic mass is 9.74. The van der Waals surface area contributed by atoms with Gasteiger partial charge in [-0.2, -0.15) is 10.5 Å². The van der Waals surface area contributed by atoms with Gasteiger partial charge in [0.25, 0.3) is 0 Å². The van der Waals surface area contributed by atoms with Gasteiger partial charge in [0.2, 0.25) is 0 Å². The molecule has 0 fully saturated rings. The first-order valence-electron chi connectivity index (χ1n) is 23.4. The monoisotopic (exact) mass is 922 g/mol. The van der Waals surface area contributed by atoms with E-state index < -0.39 is 5.60 Å². The summed E-state index contributed by atoms with van der Waals surface area (Å²) >= 11 is 0. The third-order valence-electron chi connectivity index (χ3n) is 12.8. The molecule has 9 heteroatoms. The van der Waals surface area contributed by atoms with Gasteiger partial charge in [-0.1, -0.05) is 170 Å². The molecule has 1 aliphatic rings. The largest absolute Gasteiger partial charge is 0.472 e. The minimum atomic E-state index is -1.10. The molecule has 1 aliphatic heterocycles. The Kier molecular flexibility index (Phi) is 11.0. The Hall–Kier alpha value is -10.2. The van der Waals surface area contributed by atoms with Crippen molar-refractivity contribution in [2.24, 2.45) is 0 Å². The molecule has 0 amide bonds. The lowest BCUT2D eigenvalue weighted by molar-refractivity contribution is 0.152. The standard InChI is InChI=1S/C63H38N8O/c64-39-41-26-29-46(30-27-41)60-67-59(45-20-10-3-11-21-45)70-62(71-60)50-36-48(35-49(37-50)61-68-57(43-16-6-1-7-17-43)66-58(69-61)44-18-8-2-9-19-44)47-31-33-54-53-32-28-42(40-65)34-55(53)63(72-56(54)38-47,51-22-12-4-13-23-51)52-24-14-5-15-25-52/h1-38H. The number of aromatic nitrogens is 6. The molecule has 0 atom stereocenters. The molecule has 2 aromatic heterocycles. The van der Waals surface area contributed by atoms with Crippen LogP contribution in [0, 0.1) is 22.7 Å². The van der Waals surface area contributed by atoms with Gasteiger partial charge in [-0.25, -0.2) is 29.9 Å². The van der Waals surface area contributed by atoms with Crippen molar-refractivity contribution in [1.29, 1.82) is 10.5 Å². The first kappa shape index (κ1) is 43.1. The van der Waals surface area contributed by atoms with E-state index in [0.717, 1.165) is 61.2 Å². The number of nitrogens with zero attached hydrogens (tertiary/aromatic N) is 8. The van der Waals surface area contributed by atoms with E-state index in [9.17, 15) is 10.5 Å². The molecule has 336 valence electrons. The van der Waals surface area contributed by atoms with Crippen LogP contribution in [0.15, 0.2) is 231 Å². The van der Waals surface area contributed by atoms with Crippen LogP contribution in [0.2, 0.25) is 0 Å². The van der Waals surface area contributed by atoms with Crippen LogP contribution < -0.4 is 4.74 Å². The number of hydrogen-bond donors (Lipinski definition) is 0. The maximum atomic E-state index is 10.2. The summed E-state index contributed by atoms with van der Waals surface area (Å²) in [6, 6.07) is 80.1. The number of benzene rings is 9. The Balaban J connectivity index is 1.10. The minimum absolute atomic E-state index is 0.426. The van der Waals surface area contributed by atoms with E-state index in [2.05, 4.69) is 66.7 Å². The van der Waals surface area contributed by atoms with E-state index in [4.69, 9.17) is 34.6 Å². The van der Waals surface area contributed by atoms with Gasteiger partial charge in [-0.05, 0) is 77.4 Å². The van der Waals surface area contributed by atoms with Crippen LogP contribution in [0.5, 0.6) is 5.75 Å². The van der Waals surface area contributed by atoms with Crippen molar-refractivity contribution in [3.8, 4) is 108 Å². The van der Waals surface area contributed by atoms with Crippen molar-refractivity contribution in [3.05, 3.63) is 258 Å². The minimum Gasteiger partial charge on any atom is -0.472 e. The average Bonchev–Trinajstić information content (AvgIpc) is 3.47. The Bertz CT molecular complexity index is 3800. The highest BCUT2D eigenvalue weighted by molar-refractivity contribution is 5.85. The normalized spacial score (nSPS) is 12.1. The molecule has 0 N–H and O–H groups in total. The number of hydrogen-bond acceptors (Lipinski definition) is 9. The van der Waals surface area contributed by atoms with Crippen molar-refractivity contribution in [3.63, 3.8) is 0 Å². The van der Waals surface area contributed by atoms with E-state index >= 15 is 0 Å². The fourth-order valence-corrected chi connectivity index (χ4v) is 9.34. The SMILES string of the molecule is N#Cc1ccc(-c2nc(-c3ccccc3)nc(-c3cc(-c4ccc5c(c4)OC(c4ccccc4)(c4ccccc4)c4cc(C#N)ccc4-5)cc(-c4nc(-c5ccccc5)nc(-c5ccccc5)n4)c3)n2)cc1. The summed E-state index contributed by atoms with van der Waals surface area (Å²) in [6.07, 6.45) is 0. The van der Waals surface area contributed by atoms with Crippen LogP contribution in [0.25, 0.3) is 90.6 Å². The van der Waals surface area contributed by atoms with Gasteiger partial charge in [0.1, 0.15) is 5.75 Å². The second-order valence-electron chi connectivity index (χ2n) is 17.3. The Morgan fingerprint density at radius 3 is 1.11 bits per heavy atom. The summed E-state index contributed by atoms with van der Waals surface area (Å²) in [5.41, 5.74) is 10.9. The van der Waals surface area contributed by atoms with E-state index in [1.807, 2.05) is 164 Å². The molecule has 9 aromatic carbocycles. The van der Waals surface area contributed by atoms with Crippen LogP contribution in [-0.4, -0.2) is 29.9 Å². The predicted molar refractivity (Wildman–Crippen MR) is 280 cm³/mol. The third-order valence-corrected chi connectivity index (χ3v) is 12.8. The quantitative estimate of drug-likeness (QED) is 0.139. The molecule has 0 spiro atoms. The zero-order chi connectivity index (χ0) is 48.4. The highest BCUT2D eigenvalue weighted by Crippen LogP contribution is 2.52. The maximum absolute atomic E-state index is 10.2. The number of ether oxygens (including phenoxy) is 1. The molecular formula is C63H38N8O. The lowest BCUT2D eigenvalue weighted by Crippen LogP contribution is -2.38. The summed E-state index contributed by atoms with van der Waals surface area (Å²) in [7, 11) is 0. The molecule has 72 heavy (non-hydrogen) atoms. The average molecular weight is 923 g/mol. The predicted octanol–water partition coefficient (Wildman–Crippen LogP) is 13.8. The van der Waals surface area contributed by atoms with E-state index in [1.165, 1.54) is 0 Å². The summed E-state index contributed by atoms with van der Waals surface area (Å²) in [5.74, 6) is 3.54. The van der Waals surface area contributed by atoms with Crippen molar-refractivity contribution >= 4 is 0 Å². The van der Waals surface area contributed by atoms with Crippen molar-refractivity contribution in [2.75, 3.05) is 0 Å². The van der Waals surface area contributed by atoms with E-state index in [1.54, 1.807) is 12.1 Å². The van der Waals surface area contributed by atoms with Crippen LogP contribution in [0.1, 0.15) is 27.8 Å². The first-order chi connectivity index (χ1) is 35.5. The van der Waals surface area contributed by atoms with Gasteiger partial charge in [0, 0.05) is 55.6 Å². The summed E-state index contributed by atoms with van der Waals surface area (Å²) in [4.78, 5) is 30.6. The second kappa shape index (κ2) is 18.4. The number of rotatable bonds is 9. The first-order valence-corrected chi connectivity index (χ1v) is 23.4. The maximum Gasteiger partial charge on any atom is 0.185 e. The van der Waals surface area contributed by atoms with Crippen LogP contribution >= 0.6 is 0 Å². The molecule has 0 saturated carbocycles. The Labute approximate surface area is 415 Å². The summed E-state index contributed by atoms with van der Waals surface area (Å²) in [5, 5.41) is 19.8. The highest BCUT2D eigenvalue weighted by Gasteiger charge is 2.44. The Morgan fingerprint density at radius 2 is 0.667 bits per heavy atom. The molecule has 0 radical (unpaired) electrons. The fourth-order valence-electron chi connectivity index (χ4n) is 9.34. The summed E-state index contributed by atoms with van der Waals surface area (Å²) < 4.78 is 7.49. The van der Waals surface area contributed by atoms with Gasteiger partial charge in [-0.3, -0.25) is 0 Å². The highest BCUT2D eigenvalue weighted by atomic mass is 16.5. The summed E-state index contributed by atoms with van der Waals surface area (Å²) in [6.45, 7) is 0.